The first-order valence-corrected chi connectivity index (χ1v) is 11.6. The quantitative estimate of drug-likeness (QED) is 0.656. The van der Waals surface area contributed by atoms with E-state index in [4.69, 9.17) is 18.9 Å². The van der Waals surface area contributed by atoms with Gasteiger partial charge in [-0.15, -0.1) is 0 Å². The van der Waals surface area contributed by atoms with Crippen LogP contribution in [0.2, 0.25) is 0 Å². The van der Waals surface area contributed by atoms with Gasteiger partial charge in [0.15, 0.2) is 11.5 Å². The van der Waals surface area contributed by atoms with E-state index in [1.54, 1.807) is 12.0 Å². The van der Waals surface area contributed by atoms with Crippen LogP contribution in [0.4, 0.5) is 10.5 Å². The maximum absolute atomic E-state index is 12.5. The van der Waals surface area contributed by atoms with E-state index in [2.05, 4.69) is 16.3 Å². The molecule has 0 aliphatic carbocycles. The lowest BCUT2D eigenvalue weighted by atomic mass is 10.1. The van der Waals surface area contributed by atoms with E-state index in [1.807, 2.05) is 42.5 Å². The van der Waals surface area contributed by atoms with Crippen LogP contribution in [-0.4, -0.2) is 76.7 Å². The topological polar surface area (TPSA) is 72.5 Å². The van der Waals surface area contributed by atoms with Crippen LogP contribution in [0.15, 0.2) is 48.5 Å². The van der Waals surface area contributed by atoms with Crippen LogP contribution < -0.4 is 19.7 Å². The molecular formula is C25H33N3O5. The number of amides is 1. The number of anilines is 1. The van der Waals surface area contributed by atoms with Crippen molar-refractivity contribution in [3.63, 3.8) is 0 Å². The Kier molecular flexibility index (Phi) is 8.27. The Balaban J connectivity index is 1.23. The first kappa shape index (κ1) is 23.2. The average Bonchev–Trinajstić information content (AvgIpc) is 2.88. The SMILES string of the molecule is COc1cc(N2CCOCC2)ccc1OCC[C@@H]1CN(C(=O)OCc2ccccc2)CCN1. The Morgan fingerprint density at radius 3 is 2.70 bits per heavy atom. The van der Waals surface area contributed by atoms with Crippen molar-refractivity contribution < 1.29 is 23.7 Å². The first-order chi connectivity index (χ1) is 16.2. The summed E-state index contributed by atoms with van der Waals surface area (Å²) in [5, 5.41) is 3.47. The summed E-state index contributed by atoms with van der Waals surface area (Å²) in [4.78, 5) is 16.5. The van der Waals surface area contributed by atoms with Crippen LogP contribution in [0.1, 0.15) is 12.0 Å². The highest BCUT2D eigenvalue weighted by Gasteiger charge is 2.24. The van der Waals surface area contributed by atoms with E-state index in [0.29, 0.717) is 19.7 Å². The molecule has 2 aliphatic heterocycles. The molecule has 1 amide bonds. The second-order valence-electron chi connectivity index (χ2n) is 8.21. The lowest BCUT2D eigenvalue weighted by molar-refractivity contribution is 0.0827. The van der Waals surface area contributed by atoms with Gasteiger partial charge in [-0.2, -0.15) is 0 Å². The van der Waals surface area contributed by atoms with Gasteiger partial charge in [0.1, 0.15) is 6.61 Å². The molecule has 178 valence electrons. The van der Waals surface area contributed by atoms with Crippen LogP contribution in [0.5, 0.6) is 11.5 Å². The number of benzene rings is 2. The molecule has 2 saturated heterocycles. The van der Waals surface area contributed by atoms with Gasteiger partial charge in [-0.05, 0) is 24.1 Å². The molecule has 2 aromatic carbocycles. The fourth-order valence-corrected chi connectivity index (χ4v) is 4.10. The van der Waals surface area contributed by atoms with E-state index in [9.17, 15) is 4.79 Å². The van der Waals surface area contributed by atoms with E-state index in [-0.39, 0.29) is 18.7 Å². The zero-order valence-corrected chi connectivity index (χ0v) is 19.2. The summed E-state index contributed by atoms with van der Waals surface area (Å²) in [6, 6.07) is 15.9. The number of hydrogen-bond donors (Lipinski definition) is 1. The number of rotatable bonds is 8. The lowest BCUT2D eigenvalue weighted by Crippen LogP contribution is -2.53. The van der Waals surface area contributed by atoms with Crippen LogP contribution in [-0.2, 0) is 16.1 Å². The highest BCUT2D eigenvalue weighted by Crippen LogP contribution is 2.32. The molecule has 2 fully saturated rings. The molecule has 8 heteroatoms. The number of carbonyl (C=O) groups is 1. The van der Waals surface area contributed by atoms with Gasteiger partial charge in [-0.25, -0.2) is 4.79 Å². The molecule has 0 aromatic heterocycles. The summed E-state index contributed by atoms with van der Waals surface area (Å²) in [5.41, 5.74) is 2.10. The number of hydrogen-bond acceptors (Lipinski definition) is 7. The monoisotopic (exact) mass is 455 g/mol. The van der Waals surface area contributed by atoms with Crippen LogP contribution in [0, 0.1) is 0 Å². The van der Waals surface area contributed by atoms with Crippen LogP contribution in [0.25, 0.3) is 0 Å². The van der Waals surface area contributed by atoms with E-state index in [0.717, 1.165) is 62.0 Å². The Labute approximate surface area is 195 Å². The maximum Gasteiger partial charge on any atom is 0.410 e. The highest BCUT2D eigenvalue weighted by atomic mass is 16.6. The van der Waals surface area contributed by atoms with Gasteiger partial charge in [0.05, 0.1) is 26.9 Å². The summed E-state index contributed by atoms with van der Waals surface area (Å²) < 4.78 is 22.5. The molecule has 2 aromatic rings. The number of nitrogens with zero attached hydrogens (tertiary/aromatic N) is 2. The predicted molar refractivity (Wildman–Crippen MR) is 126 cm³/mol. The van der Waals surface area contributed by atoms with Gasteiger partial charge in [0.2, 0.25) is 0 Å². The van der Waals surface area contributed by atoms with Crippen molar-refractivity contribution in [3.05, 3.63) is 54.1 Å². The molecule has 8 nitrogen and oxygen atoms in total. The van der Waals surface area contributed by atoms with Gasteiger partial charge in [0.25, 0.3) is 0 Å². The molecule has 0 radical (unpaired) electrons. The average molecular weight is 456 g/mol. The summed E-state index contributed by atoms with van der Waals surface area (Å²) in [5.74, 6) is 1.45. The van der Waals surface area contributed by atoms with Crippen molar-refractivity contribution in [1.29, 1.82) is 0 Å². The minimum Gasteiger partial charge on any atom is -0.493 e. The highest BCUT2D eigenvalue weighted by molar-refractivity contribution is 5.67. The number of ether oxygens (including phenoxy) is 4. The van der Waals surface area contributed by atoms with Gasteiger partial charge in [-0.1, -0.05) is 30.3 Å². The molecule has 0 unspecified atom stereocenters. The minimum absolute atomic E-state index is 0.154. The molecular weight excluding hydrogens is 422 g/mol. The van der Waals surface area contributed by atoms with Gasteiger partial charge in [-0.3, -0.25) is 0 Å². The largest absolute Gasteiger partial charge is 0.493 e. The smallest absolute Gasteiger partial charge is 0.410 e. The molecule has 2 heterocycles. The number of nitrogens with one attached hydrogen (secondary N) is 1. The summed E-state index contributed by atoms with van der Waals surface area (Å²) in [7, 11) is 1.66. The Morgan fingerprint density at radius 1 is 1.09 bits per heavy atom. The summed E-state index contributed by atoms with van der Waals surface area (Å²) in [6.07, 6.45) is 0.503. The van der Waals surface area contributed by atoms with Gasteiger partial charge in [0, 0.05) is 50.5 Å². The Bertz CT molecular complexity index is 889. The number of piperazine rings is 1. The number of methoxy groups -OCH3 is 1. The van der Waals surface area contributed by atoms with E-state index >= 15 is 0 Å². The van der Waals surface area contributed by atoms with Crippen molar-refractivity contribution in [3.8, 4) is 11.5 Å². The number of carbonyl (C=O) groups excluding carboxylic acids is 1. The third-order valence-corrected chi connectivity index (χ3v) is 5.97. The van der Waals surface area contributed by atoms with Gasteiger partial charge >= 0.3 is 6.09 Å². The molecule has 1 atom stereocenters. The molecule has 2 aliphatic rings. The summed E-state index contributed by atoms with van der Waals surface area (Å²) in [6.45, 7) is 6.03. The van der Waals surface area contributed by atoms with Crippen molar-refractivity contribution in [2.75, 3.05) is 64.6 Å². The second-order valence-corrected chi connectivity index (χ2v) is 8.21. The Hall–Kier alpha value is -2.97. The minimum atomic E-state index is -0.272. The fourth-order valence-electron chi connectivity index (χ4n) is 4.10. The van der Waals surface area contributed by atoms with Crippen LogP contribution in [0.3, 0.4) is 0 Å². The van der Waals surface area contributed by atoms with Crippen molar-refractivity contribution in [1.82, 2.24) is 10.2 Å². The maximum atomic E-state index is 12.5. The molecule has 0 saturated carbocycles. The second kappa shape index (κ2) is 11.8. The van der Waals surface area contributed by atoms with Gasteiger partial charge < -0.3 is 34.1 Å². The summed E-state index contributed by atoms with van der Waals surface area (Å²) >= 11 is 0. The zero-order chi connectivity index (χ0) is 22.9. The molecule has 1 N–H and O–H groups in total. The van der Waals surface area contributed by atoms with Crippen LogP contribution >= 0.6 is 0 Å². The fraction of sp³-hybridized carbons (Fsp3) is 0.480. The standard InChI is InChI=1S/C25H33N3O5/c1-30-24-17-22(27-12-15-31-16-13-27)7-8-23(24)32-14-9-21-18-28(11-10-26-21)25(29)33-19-20-5-3-2-4-6-20/h2-8,17,21,26H,9-16,18-19H2,1H3/t21-/m1/s1. The predicted octanol–water partition coefficient (Wildman–Crippen LogP) is 2.91. The molecule has 33 heavy (non-hydrogen) atoms. The normalized spacial score (nSPS) is 18.6. The lowest BCUT2D eigenvalue weighted by Gasteiger charge is -2.33. The van der Waals surface area contributed by atoms with Crippen molar-refractivity contribution >= 4 is 11.8 Å². The Morgan fingerprint density at radius 2 is 1.91 bits per heavy atom. The van der Waals surface area contributed by atoms with Crippen molar-refractivity contribution in [2.45, 2.75) is 19.1 Å². The third kappa shape index (κ3) is 6.52. The molecule has 0 bridgehead atoms. The van der Waals surface area contributed by atoms with E-state index < -0.39 is 0 Å². The zero-order valence-electron chi connectivity index (χ0n) is 19.2. The first-order valence-electron chi connectivity index (χ1n) is 11.6. The number of morpholine rings is 1. The third-order valence-electron chi connectivity index (χ3n) is 5.97. The molecule has 0 spiro atoms. The molecule has 4 rings (SSSR count). The van der Waals surface area contributed by atoms with E-state index in [1.165, 1.54) is 0 Å². The van der Waals surface area contributed by atoms with Crippen molar-refractivity contribution in [2.24, 2.45) is 0 Å².